The molecule has 0 fully saturated rings. The fourth-order valence-electron chi connectivity index (χ4n) is 0.941. The number of hydrogen-bond donors (Lipinski definition) is 0. The van der Waals surface area contributed by atoms with Crippen LogP contribution >= 0.6 is 11.6 Å². The fourth-order valence-corrected chi connectivity index (χ4v) is 1.09. The summed E-state index contributed by atoms with van der Waals surface area (Å²) >= 11 is 5.57. The van der Waals surface area contributed by atoms with E-state index in [0.29, 0.717) is 17.9 Å². The van der Waals surface area contributed by atoms with Gasteiger partial charge in [0, 0.05) is 0 Å². The molecule has 0 spiro atoms. The topological polar surface area (TPSA) is 69.1 Å². The highest BCUT2D eigenvalue weighted by Crippen LogP contribution is 2.22. The van der Waals surface area contributed by atoms with Gasteiger partial charge in [0.25, 0.3) is 5.89 Å². The Morgan fingerprint density at radius 2 is 2.36 bits per heavy atom. The minimum absolute atomic E-state index is 0.123. The van der Waals surface area contributed by atoms with Gasteiger partial charge in [-0.15, -0.1) is 0 Å². The number of aromatic nitrogens is 2. The highest BCUT2D eigenvalue weighted by molar-refractivity contribution is 6.28. The number of furan rings is 1. The molecule has 2 heterocycles. The van der Waals surface area contributed by atoms with Crippen molar-refractivity contribution in [3.8, 4) is 11.7 Å². The smallest absolute Gasteiger partial charge is 0.293 e. The maximum atomic E-state index is 10.2. The Morgan fingerprint density at radius 3 is 3.00 bits per heavy atom. The minimum Gasteiger partial charge on any atom is -0.440 e. The van der Waals surface area contributed by atoms with Crippen molar-refractivity contribution < 1.29 is 13.7 Å². The summed E-state index contributed by atoms with van der Waals surface area (Å²) in [6, 6.07) is 3.18. The van der Waals surface area contributed by atoms with Gasteiger partial charge in [-0.05, 0) is 23.7 Å². The van der Waals surface area contributed by atoms with Gasteiger partial charge in [0.05, 0.1) is 6.42 Å². The van der Waals surface area contributed by atoms with Gasteiger partial charge < -0.3 is 13.7 Å². The average Bonchev–Trinajstić information content (AvgIpc) is 2.74. The molecule has 0 aromatic carbocycles. The van der Waals surface area contributed by atoms with E-state index < -0.39 is 0 Å². The number of carbonyl (C=O) groups excluding carboxylic acids is 1. The number of halogens is 1. The molecular weight excluding hydrogens is 208 g/mol. The second kappa shape index (κ2) is 3.63. The second-order valence-electron chi connectivity index (χ2n) is 2.49. The largest absolute Gasteiger partial charge is 0.440 e. The lowest BCUT2D eigenvalue weighted by Crippen LogP contribution is -1.87. The third kappa shape index (κ3) is 1.67. The second-order valence-corrected chi connectivity index (χ2v) is 2.86. The van der Waals surface area contributed by atoms with Crippen molar-refractivity contribution in [3.63, 3.8) is 0 Å². The number of carbonyl (C=O) groups is 1. The van der Waals surface area contributed by atoms with Gasteiger partial charge in [0.2, 0.25) is 0 Å². The molecule has 0 unspecified atom stereocenters. The van der Waals surface area contributed by atoms with Crippen LogP contribution in [0.3, 0.4) is 0 Å². The van der Waals surface area contributed by atoms with E-state index in [4.69, 9.17) is 20.5 Å². The van der Waals surface area contributed by atoms with Crippen molar-refractivity contribution in [1.82, 2.24) is 10.1 Å². The van der Waals surface area contributed by atoms with Crippen molar-refractivity contribution in [3.05, 3.63) is 23.2 Å². The first kappa shape index (κ1) is 8.96. The molecule has 0 bridgehead atoms. The highest BCUT2D eigenvalue weighted by Gasteiger charge is 2.11. The minimum atomic E-state index is 0.123. The zero-order chi connectivity index (χ0) is 9.97. The number of hydrogen-bond acceptors (Lipinski definition) is 5. The summed E-state index contributed by atoms with van der Waals surface area (Å²) in [6.45, 7) is 0. The van der Waals surface area contributed by atoms with Gasteiger partial charge in [-0.3, -0.25) is 0 Å². The molecular formula is C8H5ClN2O3. The Labute approximate surface area is 83.7 Å². The Bertz CT molecular complexity index is 449. The zero-order valence-electron chi connectivity index (χ0n) is 6.94. The molecule has 6 heteroatoms. The maximum Gasteiger partial charge on any atom is 0.293 e. The molecule has 2 rings (SSSR count). The predicted octanol–water partition coefficient (Wildman–Crippen LogP) is 1.72. The van der Waals surface area contributed by atoms with Crippen LogP contribution < -0.4 is 0 Å². The van der Waals surface area contributed by atoms with Crippen LogP contribution in [0.5, 0.6) is 0 Å². The molecule has 0 N–H and O–H groups in total. The Morgan fingerprint density at radius 1 is 1.50 bits per heavy atom. The lowest BCUT2D eigenvalue weighted by atomic mass is 10.4. The van der Waals surface area contributed by atoms with Crippen molar-refractivity contribution in [2.24, 2.45) is 0 Å². The third-order valence-corrected chi connectivity index (χ3v) is 1.72. The van der Waals surface area contributed by atoms with E-state index in [1.807, 2.05) is 0 Å². The summed E-state index contributed by atoms with van der Waals surface area (Å²) in [5.41, 5.74) is 0. The van der Waals surface area contributed by atoms with E-state index in [2.05, 4.69) is 10.1 Å². The van der Waals surface area contributed by atoms with Gasteiger partial charge >= 0.3 is 0 Å². The standard InChI is InChI=1S/C8H5ClN2O3/c9-6-2-1-5(13-6)8-10-7(3-4-12)11-14-8/h1-2,4H,3H2. The van der Waals surface area contributed by atoms with Crippen LogP contribution in [0.25, 0.3) is 11.7 Å². The molecule has 2 aromatic rings. The molecule has 2 aromatic heterocycles. The molecule has 5 nitrogen and oxygen atoms in total. The quantitative estimate of drug-likeness (QED) is 0.725. The lowest BCUT2D eigenvalue weighted by molar-refractivity contribution is -0.107. The van der Waals surface area contributed by atoms with E-state index in [0.717, 1.165) is 0 Å². The molecule has 0 radical (unpaired) electrons. The maximum absolute atomic E-state index is 10.2. The van der Waals surface area contributed by atoms with Crippen LogP contribution in [-0.4, -0.2) is 16.4 Å². The zero-order valence-corrected chi connectivity index (χ0v) is 7.69. The summed E-state index contributed by atoms with van der Waals surface area (Å²) < 4.78 is 9.89. The van der Waals surface area contributed by atoms with E-state index in [9.17, 15) is 4.79 Å². The highest BCUT2D eigenvalue weighted by atomic mass is 35.5. The van der Waals surface area contributed by atoms with Crippen LogP contribution in [0.2, 0.25) is 5.22 Å². The van der Waals surface area contributed by atoms with Crippen molar-refractivity contribution >= 4 is 17.9 Å². The van der Waals surface area contributed by atoms with Gasteiger partial charge in [0.1, 0.15) is 6.29 Å². The number of nitrogens with zero attached hydrogens (tertiary/aromatic N) is 2. The normalized spacial score (nSPS) is 10.4. The molecule has 0 atom stereocenters. The van der Waals surface area contributed by atoms with Gasteiger partial charge in [-0.1, -0.05) is 5.16 Å². The van der Waals surface area contributed by atoms with E-state index in [1.54, 1.807) is 12.1 Å². The molecule has 0 saturated heterocycles. The van der Waals surface area contributed by atoms with Crippen molar-refractivity contribution in [2.75, 3.05) is 0 Å². The third-order valence-electron chi connectivity index (χ3n) is 1.52. The molecule has 0 aliphatic rings. The first-order chi connectivity index (χ1) is 6.79. The number of rotatable bonds is 3. The van der Waals surface area contributed by atoms with Gasteiger partial charge in [-0.25, -0.2) is 0 Å². The summed E-state index contributed by atoms with van der Waals surface area (Å²) in [5, 5.41) is 3.82. The molecule has 0 amide bonds. The van der Waals surface area contributed by atoms with Gasteiger partial charge in [-0.2, -0.15) is 4.98 Å². The summed E-state index contributed by atoms with van der Waals surface area (Å²) in [7, 11) is 0. The van der Waals surface area contributed by atoms with Gasteiger partial charge in [0.15, 0.2) is 16.8 Å². The van der Waals surface area contributed by atoms with Crippen LogP contribution in [0.15, 0.2) is 21.1 Å². The monoisotopic (exact) mass is 212 g/mol. The van der Waals surface area contributed by atoms with E-state index in [1.165, 1.54) is 0 Å². The van der Waals surface area contributed by atoms with Crippen LogP contribution in [0.1, 0.15) is 5.82 Å². The van der Waals surface area contributed by atoms with E-state index in [-0.39, 0.29) is 17.5 Å². The molecule has 0 aliphatic carbocycles. The van der Waals surface area contributed by atoms with Crippen LogP contribution in [0, 0.1) is 0 Å². The first-order valence-corrected chi connectivity index (χ1v) is 4.19. The molecule has 0 aliphatic heterocycles. The van der Waals surface area contributed by atoms with Crippen molar-refractivity contribution in [1.29, 1.82) is 0 Å². The number of aldehydes is 1. The fraction of sp³-hybridized carbons (Fsp3) is 0.125. The summed E-state index contributed by atoms with van der Waals surface area (Å²) in [4.78, 5) is 14.1. The predicted molar refractivity (Wildman–Crippen MR) is 46.8 cm³/mol. The SMILES string of the molecule is O=CCc1noc(-c2ccc(Cl)o2)n1. The Balaban J connectivity index is 2.28. The van der Waals surface area contributed by atoms with E-state index >= 15 is 0 Å². The lowest BCUT2D eigenvalue weighted by Gasteiger charge is -1.83. The average molecular weight is 213 g/mol. The molecule has 72 valence electrons. The molecule has 14 heavy (non-hydrogen) atoms. The van der Waals surface area contributed by atoms with Crippen LogP contribution in [0.4, 0.5) is 0 Å². The molecule has 0 saturated carbocycles. The first-order valence-electron chi connectivity index (χ1n) is 3.81. The van der Waals surface area contributed by atoms with Crippen LogP contribution in [-0.2, 0) is 11.2 Å². The Kier molecular flexibility index (Phi) is 2.32. The summed E-state index contributed by atoms with van der Waals surface area (Å²) in [6.07, 6.45) is 0.821. The Hall–Kier alpha value is -1.62. The summed E-state index contributed by atoms with van der Waals surface area (Å²) in [5.74, 6) is 0.927. The van der Waals surface area contributed by atoms with Crippen molar-refractivity contribution in [2.45, 2.75) is 6.42 Å².